The first-order chi connectivity index (χ1) is 9.61. The summed E-state index contributed by atoms with van der Waals surface area (Å²) in [7, 11) is 0. The molecule has 0 amide bonds. The van der Waals surface area contributed by atoms with Gasteiger partial charge in [0.1, 0.15) is 5.82 Å². The Balaban J connectivity index is 2.14. The molecule has 2 aromatic carbocycles. The van der Waals surface area contributed by atoms with Crippen molar-refractivity contribution in [2.24, 2.45) is 5.84 Å². The molecule has 0 radical (unpaired) electrons. The molecule has 0 saturated heterocycles. The summed E-state index contributed by atoms with van der Waals surface area (Å²) < 4.78 is 13.4. The van der Waals surface area contributed by atoms with E-state index in [1.807, 2.05) is 18.2 Å². The van der Waals surface area contributed by atoms with Gasteiger partial charge in [0.2, 0.25) is 0 Å². The van der Waals surface area contributed by atoms with Crippen molar-refractivity contribution in [3.8, 4) is 0 Å². The van der Waals surface area contributed by atoms with E-state index in [2.05, 4.69) is 24.5 Å². The zero-order valence-electron chi connectivity index (χ0n) is 11.4. The summed E-state index contributed by atoms with van der Waals surface area (Å²) in [5, 5.41) is 0.178. The SMILES string of the molecule is Cc1ccccc1CC(Cc1cccc(F)c1Cl)NN. The van der Waals surface area contributed by atoms with E-state index in [9.17, 15) is 4.39 Å². The van der Waals surface area contributed by atoms with E-state index in [0.29, 0.717) is 6.42 Å². The van der Waals surface area contributed by atoms with E-state index in [0.717, 1.165) is 12.0 Å². The van der Waals surface area contributed by atoms with Crippen LogP contribution >= 0.6 is 11.6 Å². The summed E-state index contributed by atoms with van der Waals surface area (Å²) in [4.78, 5) is 0. The van der Waals surface area contributed by atoms with Gasteiger partial charge in [-0.15, -0.1) is 0 Å². The van der Waals surface area contributed by atoms with Crippen LogP contribution in [0.4, 0.5) is 4.39 Å². The third-order valence-electron chi connectivity index (χ3n) is 3.46. The normalized spacial score (nSPS) is 12.4. The van der Waals surface area contributed by atoms with Gasteiger partial charge in [0.05, 0.1) is 5.02 Å². The molecular weight excluding hydrogens is 275 g/mol. The van der Waals surface area contributed by atoms with Crippen molar-refractivity contribution in [3.05, 3.63) is 70.0 Å². The van der Waals surface area contributed by atoms with Crippen LogP contribution in [-0.4, -0.2) is 6.04 Å². The summed E-state index contributed by atoms with van der Waals surface area (Å²) >= 11 is 5.98. The first kappa shape index (κ1) is 15.0. The molecule has 0 fully saturated rings. The minimum absolute atomic E-state index is 0.00963. The Morgan fingerprint density at radius 2 is 1.75 bits per heavy atom. The lowest BCUT2D eigenvalue weighted by molar-refractivity contribution is 0.519. The summed E-state index contributed by atoms with van der Waals surface area (Å²) in [5.41, 5.74) is 6.00. The van der Waals surface area contributed by atoms with Gasteiger partial charge in [-0.1, -0.05) is 48.0 Å². The number of benzene rings is 2. The highest BCUT2D eigenvalue weighted by atomic mass is 35.5. The van der Waals surface area contributed by atoms with Crippen LogP contribution in [0.1, 0.15) is 16.7 Å². The molecule has 0 spiro atoms. The molecule has 2 aromatic rings. The molecule has 0 aliphatic carbocycles. The molecule has 0 saturated carbocycles. The van der Waals surface area contributed by atoms with Crippen molar-refractivity contribution in [2.75, 3.05) is 0 Å². The van der Waals surface area contributed by atoms with Gasteiger partial charge in [0.15, 0.2) is 0 Å². The van der Waals surface area contributed by atoms with Gasteiger partial charge < -0.3 is 0 Å². The highest BCUT2D eigenvalue weighted by Gasteiger charge is 2.13. The first-order valence-corrected chi connectivity index (χ1v) is 6.93. The smallest absolute Gasteiger partial charge is 0.142 e. The van der Waals surface area contributed by atoms with Crippen LogP contribution in [-0.2, 0) is 12.8 Å². The maximum absolute atomic E-state index is 13.4. The van der Waals surface area contributed by atoms with Gasteiger partial charge in [-0.2, -0.15) is 0 Å². The lowest BCUT2D eigenvalue weighted by atomic mass is 9.97. The zero-order chi connectivity index (χ0) is 14.5. The van der Waals surface area contributed by atoms with Gasteiger partial charge in [-0.25, -0.2) is 4.39 Å². The second-order valence-electron chi connectivity index (χ2n) is 4.91. The topological polar surface area (TPSA) is 38.0 Å². The van der Waals surface area contributed by atoms with Crippen LogP contribution < -0.4 is 11.3 Å². The van der Waals surface area contributed by atoms with Crippen molar-refractivity contribution < 1.29 is 4.39 Å². The Hall–Kier alpha value is -1.42. The fraction of sp³-hybridized carbons (Fsp3) is 0.250. The van der Waals surface area contributed by atoms with Crippen LogP contribution in [0.2, 0.25) is 5.02 Å². The molecule has 3 N–H and O–H groups in total. The third kappa shape index (κ3) is 3.57. The average molecular weight is 293 g/mol. The number of nitrogens with two attached hydrogens (primary N) is 1. The number of halogens is 2. The maximum Gasteiger partial charge on any atom is 0.142 e. The maximum atomic E-state index is 13.4. The van der Waals surface area contributed by atoms with E-state index in [1.165, 1.54) is 17.2 Å². The van der Waals surface area contributed by atoms with Crippen molar-refractivity contribution in [1.82, 2.24) is 5.43 Å². The fourth-order valence-electron chi connectivity index (χ4n) is 2.27. The highest BCUT2D eigenvalue weighted by molar-refractivity contribution is 6.31. The minimum Gasteiger partial charge on any atom is -0.271 e. The van der Waals surface area contributed by atoms with Crippen LogP contribution in [0.3, 0.4) is 0 Å². The molecule has 20 heavy (non-hydrogen) atoms. The van der Waals surface area contributed by atoms with Crippen LogP contribution in [0.25, 0.3) is 0 Å². The number of nitrogens with one attached hydrogen (secondary N) is 1. The Kier molecular flexibility index (Phi) is 5.12. The Bertz CT molecular complexity index is 586. The van der Waals surface area contributed by atoms with Gasteiger partial charge >= 0.3 is 0 Å². The fourth-order valence-corrected chi connectivity index (χ4v) is 2.47. The molecule has 1 atom stereocenters. The Labute approximate surface area is 123 Å². The molecule has 106 valence electrons. The molecule has 4 heteroatoms. The number of hydrogen-bond acceptors (Lipinski definition) is 2. The first-order valence-electron chi connectivity index (χ1n) is 6.55. The molecule has 1 unspecified atom stereocenters. The second-order valence-corrected chi connectivity index (χ2v) is 5.29. The third-order valence-corrected chi connectivity index (χ3v) is 3.88. The standard InChI is InChI=1S/C16H18ClFN2/c1-11-5-2-3-6-12(11)9-14(20-19)10-13-7-4-8-15(18)16(13)17/h2-8,14,20H,9-10,19H2,1H3. The van der Waals surface area contributed by atoms with Crippen LogP contribution in [0.15, 0.2) is 42.5 Å². The molecule has 0 aliphatic heterocycles. The zero-order valence-corrected chi connectivity index (χ0v) is 12.1. The van der Waals surface area contributed by atoms with E-state index < -0.39 is 5.82 Å². The molecule has 0 aromatic heterocycles. The summed E-state index contributed by atoms with van der Waals surface area (Å²) in [6.45, 7) is 2.07. The molecule has 0 heterocycles. The largest absolute Gasteiger partial charge is 0.271 e. The Morgan fingerprint density at radius 1 is 1.10 bits per heavy atom. The van der Waals surface area contributed by atoms with Gasteiger partial charge in [0.25, 0.3) is 0 Å². The van der Waals surface area contributed by atoms with Gasteiger partial charge in [-0.05, 0) is 42.5 Å². The minimum atomic E-state index is -0.393. The van der Waals surface area contributed by atoms with E-state index in [-0.39, 0.29) is 11.1 Å². The number of rotatable bonds is 5. The molecule has 0 bridgehead atoms. The predicted molar refractivity (Wildman–Crippen MR) is 81.1 cm³/mol. The average Bonchev–Trinajstić information content (AvgIpc) is 2.45. The van der Waals surface area contributed by atoms with Gasteiger partial charge in [0, 0.05) is 6.04 Å². The lowest BCUT2D eigenvalue weighted by Gasteiger charge is -2.18. The van der Waals surface area contributed by atoms with Crippen LogP contribution in [0.5, 0.6) is 0 Å². The van der Waals surface area contributed by atoms with E-state index in [4.69, 9.17) is 17.4 Å². The monoisotopic (exact) mass is 292 g/mol. The lowest BCUT2D eigenvalue weighted by Crippen LogP contribution is -2.38. The van der Waals surface area contributed by atoms with Crippen molar-refractivity contribution in [2.45, 2.75) is 25.8 Å². The number of hydrazine groups is 1. The second kappa shape index (κ2) is 6.84. The summed E-state index contributed by atoms with van der Waals surface area (Å²) in [6.07, 6.45) is 1.36. The molecular formula is C16H18ClFN2. The van der Waals surface area contributed by atoms with Crippen LogP contribution in [0, 0.1) is 12.7 Å². The predicted octanol–water partition coefficient (Wildman–Crippen LogP) is 3.40. The van der Waals surface area contributed by atoms with Crippen molar-refractivity contribution >= 4 is 11.6 Å². The quantitative estimate of drug-likeness (QED) is 0.655. The highest BCUT2D eigenvalue weighted by Crippen LogP contribution is 2.22. The number of aryl methyl sites for hydroxylation is 1. The number of hydrogen-bond donors (Lipinski definition) is 2. The Morgan fingerprint density at radius 3 is 2.45 bits per heavy atom. The molecule has 2 rings (SSSR count). The van der Waals surface area contributed by atoms with E-state index >= 15 is 0 Å². The molecule has 2 nitrogen and oxygen atoms in total. The van der Waals surface area contributed by atoms with Gasteiger partial charge in [-0.3, -0.25) is 11.3 Å². The van der Waals surface area contributed by atoms with Crippen molar-refractivity contribution in [1.29, 1.82) is 0 Å². The van der Waals surface area contributed by atoms with Crippen molar-refractivity contribution in [3.63, 3.8) is 0 Å². The van der Waals surface area contributed by atoms with E-state index in [1.54, 1.807) is 6.07 Å². The summed E-state index contributed by atoms with van der Waals surface area (Å²) in [5.74, 6) is 5.23. The molecule has 0 aliphatic rings. The summed E-state index contributed by atoms with van der Waals surface area (Å²) in [6, 6.07) is 13.0.